The monoisotopic (exact) mass is 335 g/mol. The van der Waals surface area contributed by atoms with Crippen molar-refractivity contribution in [3.05, 3.63) is 96.1 Å². The van der Waals surface area contributed by atoms with Gasteiger partial charge in [0.25, 0.3) is 0 Å². The largest absolute Gasteiger partial charge is 0.379 e. The van der Waals surface area contributed by atoms with Crippen LogP contribution in [0.25, 0.3) is 0 Å². The van der Waals surface area contributed by atoms with Crippen LogP contribution in [0.4, 0.5) is 0 Å². The molecule has 0 bridgehead atoms. The van der Waals surface area contributed by atoms with Crippen molar-refractivity contribution in [2.24, 2.45) is 0 Å². The zero-order chi connectivity index (χ0) is 18.1. The molecule has 0 aliphatic heterocycles. The van der Waals surface area contributed by atoms with Crippen LogP contribution in [0.2, 0.25) is 0 Å². The van der Waals surface area contributed by atoms with Gasteiger partial charge in [-0.05, 0) is 31.4 Å². The quantitative estimate of drug-likeness (QED) is 0.678. The van der Waals surface area contributed by atoms with E-state index in [0.717, 1.165) is 17.5 Å². The molecule has 132 valence electrons. The summed E-state index contributed by atoms with van der Waals surface area (Å²) in [6.45, 7) is 6.20. The SMILES string of the molecule is C/C=C/C=C/[C@H](CC)N[C@H](C)C(O)(c1ccccc1)c1ccccc1. The van der Waals surface area contributed by atoms with Crippen LogP contribution in [0.1, 0.15) is 38.3 Å². The molecule has 0 fully saturated rings. The van der Waals surface area contributed by atoms with Crippen LogP contribution in [0, 0.1) is 0 Å². The molecule has 2 heteroatoms. The van der Waals surface area contributed by atoms with Crippen LogP contribution >= 0.6 is 0 Å². The van der Waals surface area contributed by atoms with Gasteiger partial charge in [0.2, 0.25) is 0 Å². The molecule has 2 nitrogen and oxygen atoms in total. The lowest BCUT2D eigenvalue weighted by Crippen LogP contribution is -2.50. The van der Waals surface area contributed by atoms with E-state index < -0.39 is 5.60 Å². The highest BCUT2D eigenvalue weighted by Gasteiger charge is 2.37. The van der Waals surface area contributed by atoms with Gasteiger partial charge in [-0.25, -0.2) is 0 Å². The maximum atomic E-state index is 11.7. The zero-order valence-electron chi connectivity index (χ0n) is 15.4. The normalized spacial score (nSPS) is 14.9. The third kappa shape index (κ3) is 4.68. The number of rotatable bonds is 8. The lowest BCUT2D eigenvalue weighted by Gasteiger charge is -2.37. The molecule has 2 aromatic carbocycles. The van der Waals surface area contributed by atoms with Crippen LogP contribution in [0.15, 0.2) is 85.0 Å². The van der Waals surface area contributed by atoms with Gasteiger partial charge in [0.05, 0.1) is 0 Å². The van der Waals surface area contributed by atoms with Crippen molar-refractivity contribution in [2.45, 2.75) is 44.9 Å². The number of allylic oxidation sites excluding steroid dienone is 3. The summed E-state index contributed by atoms with van der Waals surface area (Å²) >= 11 is 0. The Balaban J connectivity index is 2.35. The Hall–Kier alpha value is -2.16. The van der Waals surface area contributed by atoms with E-state index in [4.69, 9.17) is 0 Å². The lowest BCUT2D eigenvalue weighted by molar-refractivity contribution is 0.0410. The predicted molar refractivity (Wildman–Crippen MR) is 107 cm³/mol. The van der Waals surface area contributed by atoms with Gasteiger partial charge in [-0.2, -0.15) is 0 Å². The molecule has 2 rings (SSSR count). The average Bonchev–Trinajstić information content (AvgIpc) is 2.67. The number of hydrogen-bond donors (Lipinski definition) is 2. The third-order valence-corrected chi connectivity index (χ3v) is 4.61. The lowest BCUT2D eigenvalue weighted by atomic mass is 9.80. The Kier molecular flexibility index (Phi) is 7.17. The van der Waals surface area contributed by atoms with Crippen LogP contribution in [-0.2, 0) is 5.60 Å². The van der Waals surface area contributed by atoms with Crippen molar-refractivity contribution in [2.75, 3.05) is 0 Å². The van der Waals surface area contributed by atoms with E-state index in [0.29, 0.717) is 0 Å². The van der Waals surface area contributed by atoms with Gasteiger partial charge in [-0.3, -0.25) is 0 Å². The number of hydrogen-bond acceptors (Lipinski definition) is 2. The molecule has 0 aliphatic carbocycles. The predicted octanol–water partition coefficient (Wildman–Crippen LogP) is 4.81. The summed E-state index contributed by atoms with van der Waals surface area (Å²) < 4.78 is 0. The molecule has 2 aromatic rings. The zero-order valence-corrected chi connectivity index (χ0v) is 15.4. The van der Waals surface area contributed by atoms with Gasteiger partial charge in [0.1, 0.15) is 5.60 Å². The highest BCUT2D eigenvalue weighted by molar-refractivity contribution is 5.38. The van der Waals surface area contributed by atoms with Gasteiger partial charge in [0.15, 0.2) is 0 Å². The minimum atomic E-state index is -1.09. The first kappa shape index (κ1) is 19.2. The Labute approximate surface area is 151 Å². The molecule has 0 aromatic heterocycles. The van der Waals surface area contributed by atoms with Crippen molar-refractivity contribution >= 4 is 0 Å². The van der Waals surface area contributed by atoms with Crippen molar-refractivity contribution < 1.29 is 5.11 Å². The summed E-state index contributed by atoms with van der Waals surface area (Å²) in [4.78, 5) is 0. The molecule has 0 saturated heterocycles. The van der Waals surface area contributed by atoms with Gasteiger partial charge >= 0.3 is 0 Å². The molecule has 2 N–H and O–H groups in total. The Morgan fingerprint density at radius 2 is 1.48 bits per heavy atom. The van der Waals surface area contributed by atoms with Crippen LogP contribution in [0.3, 0.4) is 0 Å². The van der Waals surface area contributed by atoms with Crippen LogP contribution in [0.5, 0.6) is 0 Å². The minimum absolute atomic E-state index is 0.155. The topological polar surface area (TPSA) is 32.3 Å². The standard InChI is InChI=1S/C23H29NO/c1-4-6-9-18-22(5-2)24-19(3)23(25,20-14-10-7-11-15-20)21-16-12-8-13-17-21/h4,6-19,22,24-25H,5H2,1-3H3/b6-4+,18-9+/t19-,22+/m1/s1. The van der Waals surface area contributed by atoms with Crippen molar-refractivity contribution in [3.63, 3.8) is 0 Å². The Morgan fingerprint density at radius 1 is 0.960 bits per heavy atom. The number of benzene rings is 2. The second-order valence-corrected chi connectivity index (χ2v) is 6.31. The first-order valence-electron chi connectivity index (χ1n) is 9.01. The van der Waals surface area contributed by atoms with E-state index in [1.165, 1.54) is 0 Å². The van der Waals surface area contributed by atoms with E-state index in [-0.39, 0.29) is 12.1 Å². The highest BCUT2D eigenvalue weighted by atomic mass is 16.3. The second kappa shape index (κ2) is 9.36. The van der Waals surface area contributed by atoms with Gasteiger partial charge in [-0.1, -0.05) is 91.9 Å². The number of aliphatic hydroxyl groups is 1. The molecule has 0 saturated carbocycles. The Morgan fingerprint density at radius 3 is 1.92 bits per heavy atom. The van der Waals surface area contributed by atoms with Gasteiger partial charge in [-0.15, -0.1) is 0 Å². The highest BCUT2D eigenvalue weighted by Crippen LogP contribution is 2.33. The summed E-state index contributed by atoms with van der Waals surface area (Å²) in [5.41, 5.74) is 0.701. The smallest absolute Gasteiger partial charge is 0.130 e. The van der Waals surface area contributed by atoms with Crippen LogP contribution in [-0.4, -0.2) is 17.2 Å². The first-order valence-corrected chi connectivity index (χ1v) is 9.01. The summed E-state index contributed by atoms with van der Waals surface area (Å²) in [6.07, 6.45) is 9.19. The molecule has 0 heterocycles. The number of nitrogens with one attached hydrogen (secondary N) is 1. The van der Waals surface area contributed by atoms with E-state index in [9.17, 15) is 5.11 Å². The molecule has 0 unspecified atom stereocenters. The van der Waals surface area contributed by atoms with Crippen LogP contribution < -0.4 is 5.32 Å². The molecular formula is C23H29NO. The first-order chi connectivity index (χ1) is 12.1. The van der Waals surface area contributed by atoms with E-state index in [2.05, 4.69) is 24.4 Å². The summed E-state index contributed by atoms with van der Waals surface area (Å²) in [7, 11) is 0. The molecule has 0 aliphatic rings. The maximum Gasteiger partial charge on any atom is 0.130 e. The molecule has 2 atom stereocenters. The van der Waals surface area contributed by atoms with Crippen molar-refractivity contribution in [3.8, 4) is 0 Å². The maximum absolute atomic E-state index is 11.7. The summed E-state index contributed by atoms with van der Waals surface area (Å²) in [5.74, 6) is 0. The van der Waals surface area contributed by atoms with E-state index >= 15 is 0 Å². The molecular weight excluding hydrogens is 306 g/mol. The Bertz CT molecular complexity index is 636. The molecule has 0 spiro atoms. The van der Waals surface area contributed by atoms with Gasteiger partial charge < -0.3 is 10.4 Å². The van der Waals surface area contributed by atoms with Crippen molar-refractivity contribution in [1.82, 2.24) is 5.32 Å². The molecule has 0 radical (unpaired) electrons. The average molecular weight is 335 g/mol. The molecule has 0 amide bonds. The second-order valence-electron chi connectivity index (χ2n) is 6.31. The fraction of sp³-hybridized carbons (Fsp3) is 0.304. The third-order valence-electron chi connectivity index (χ3n) is 4.61. The molecule has 25 heavy (non-hydrogen) atoms. The van der Waals surface area contributed by atoms with E-state index in [1.54, 1.807) is 0 Å². The van der Waals surface area contributed by atoms with Crippen molar-refractivity contribution in [1.29, 1.82) is 0 Å². The van der Waals surface area contributed by atoms with Gasteiger partial charge in [0, 0.05) is 12.1 Å². The minimum Gasteiger partial charge on any atom is -0.379 e. The summed E-state index contributed by atoms with van der Waals surface area (Å²) in [5, 5.41) is 15.3. The fourth-order valence-electron chi connectivity index (χ4n) is 3.11. The summed E-state index contributed by atoms with van der Waals surface area (Å²) in [6, 6.07) is 19.8. The van der Waals surface area contributed by atoms with E-state index in [1.807, 2.05) is 86.7 Å². The fourth-order valence-corrected chi connectivity index (χ4v) is 3.11.